The maximum absolute atomic E-state index is 12.8. The van der Waals surface area contributed by atoms with E-state index in [0.717, 1.165) is 29.3 Å². The molecule has 0 atom stereocenters. The lowest BCUT2D eigenvalue weighted by molar-refractivity contribution is -0.122. The number of amides is 2. The molecule has 4 rings (SSSR count). The van der Waals surface area contributed by atoms with Crippen molar-refractivity contribution in [2.75, 3.05) is 6.54 Å². The molecule has 0 spiro atoms. The predicted molar refractivity (Wildman–Crippen MR) is 139 cm³/mol. The van der Waals surface area contributed by atoms with Crippen LogP contribution in [0.4, 0.5) is 4.79 Å². The molecule has 3 aromatic carbocycles. The average Bonchev–Trinajstić information content (AvgIpc) is 3.06. The fraction of sp³-hybridized carbons (Fsp3) is 0.185. The normalized spacial score (nSPS) is 14.8. The van der Waals surface area contributed by atoms with E-state index in [1.54, 1.807) is 18.2 Å². The molecule has 2 amide bonds. The van der Waals surface area contributed by atoms with Crippen molar-refractivity contribution in [2.24, 2.45) is 0 Å². The number of nitrogens with zero attached hydrogens (tertiary/aromatic N) is 1. The Balaban J connectivity index is 1.41. The number of halogens is 2. The summed E-state index contributed by atoms with van der Waals surface area (Å²) in [7, 11) is 0. The molecule has 3 aromatic rings. The molecule has 0 radical (unpaired) electrons. The molecule has 0 saturated carbocycles. The van der Waals surface area contributed by atoms with Gasteiger partial charge in [-0.2, -0.15) is 0 Å². The third-order valence-electron chi connectivity index (χ3n) is 5.35. The summed E-state index contributed by atoms with van der Waals surface area (Å²) in [4.78, 5) is 26.9. The highest BCUT2D eigenvalue weighted by molar-refractivity contribution is 8.18. The van der Waals surface area contributed by atoms with E-state index < -0.39 is 0 Å². The quantitative estimate of drug-likeness (QED) is 0.293. The maximum atomic E-state index is 12.8. The van der Waals surface area contributed by atoms with Gasteiger partial charge in [-0.15, -0.1) is 0 Å². The van der Waals surface area contributed by atoms with Gasteiger partial charge in [0.2, 0.25) is 0 Å². The molecule has 1 fully saturated rings. The van der Waals surface area contributed by atoms with E-state index in [0.29, 0.717) is 45.8 Å². The van der Waals surface area contributed by atoms with Crippen LogP contribution < -0.4 is 4.74 Å². The summed E-state index contributed by atoms with van der Waals surface area (Å²) in [6.45, 7) is 2.73. The second-order valence-electron chi connectivity index (χ2n) is 8.01. The van der Waals surface area contributed by atoms with Crippen molar-refractivity contribution in [1.82, 2.24) is 4.90 Å². The number of hydrogen-bond acceptors (Lipinski definition) is 4. The van der Waals surface area contributed by atoms with E-state index >= 15 is 0 Å². The molecule has 0 N–H and O–H groups in total. The van der Waals surface area contributed by atoms with Crippen molar-refractivity contribution < 1.29 is 14.3 Å². The summed E-state index contributed by atoms with van der Waals surface area (Å²) in [5, 5.41) is 0.418. The summed E-state index contributed by atoms with van der Waals surface area (Å²) in [5.74, 6) is 0.0890. The van der Waals surface area contributed by atoms with E-state index in [4.69, 9.17) is 27.9 Å². The van der Waals surface area contributed by atoms with Gasteiger partial charge in [0.25, 0.3) is 11.1 Å². The largest absolute Gasteiger partial charge is 0.486 e. The van der Waals surface area contributed by atoms with Crippen LogP contribution in [0.15, 0.2) is 71.6 Å². The number of carbonyl (C=O) groups excluding carboxylic acids is 2. The van der Waals surface area contributed by atoms with Crippen molar-refractivity contribution in [3.63, 3.8) is 0 Å². The zero-order valence-corrected chi connectivity index (χ0v) is 20.9. The van der Waals surface area contributed by atoms with Crippen LogP contribution in [0, 0.1) is 6.92 Å². The zero-order chi connectivity index (χ0) is 24.1. The SMILES string of the molecule is Cc1cccc(COc2c(Cl)cc(/C=C3/SC(=O)N(CCCc4ccccc4)C3=O)cc2Cl)c1. The number of hydrogen-bond donors (Lipinski definition) is 0. The monoisotopic (exact) mass is 511 g/mol. The molecule has 174 valence electrons. The number of ether oxygens (including phenoxy) is 1. The first-order valence-electron chi connectivity index (χ1n) is 10.9. The first-order valence-corrected chi connectivity index (χ1v) is 12.4. The van der Waals surface area contributed by atoms with Crippen molar-refractivity contribution in [2.45, 2.75) is 26.4 Å². The standard InChI is InChI=1S/C27H23Cl2NO3S/c1-18-7-5-10-20(13-18)17-33-25-22(28)14-21(15-23(25)29)16-24-26(31)30(27(32)34-24)12-6-11-19-8-3-2-4-9-19/h2-5,7-10,13-16H,6,11-12,17H2,1H3/b24-16+. The predicted octanol–water partition coefficient (Wildman–Crippen LogP) is 7.55. The smallest absolute Gasteiger partial charge is 0.293 e. The first kappa shape index (κ1) is 24.4. The fourth-order valence-electron chi connectivity index (χ4n) is 3.69. The van der Waals surface area contributed by atoms with Gasteiger partial charge in [0.1, 0.15) is 6.61 Å². The van der Waals surface area contributed by atoms with Gasteiger partial charge in [-0.3, -0.25) is 14.5 Å². The Bertz CT molecular complexity index is 1220. The van der Waals surface area contributed by atoms with Gasteiger partial charge < -0.3 is 4.74 Å². The summed E-state index contributed by atoms with van der Waals surface area (Å²) in [6.07, 6.45) is 3.15. The Morgan fingerprint density at radius 3 is 2.35 bits per heavy atom. The number of imide groups is 1. The Morgan fingerprint density at radius 1 is 0.941 bits per heavy atom. The lowest BCUT2D eigenvalue weighted by Gasteiger charge is -2.12. The molecule has 34 heavy (non-hydrogen) atoms. The molecule has 0 aromatic heterocycles. The molecule has 0 unspecified atom stereocenters. The van der Waals surface area contributed by atoms with Gasteiger partial charge in [-0.1, -0.05) is 83.4 Å². The van der Waals surface area contributed by atoms with Crippen LogP contribution in [0.5, 0.6) is 5.75 Å². The molecular formula is C27H23Cl2NO3S. The number of carbonyl (C=O) groups is 2. The summed E-state index contributed by atoms with van der Waals surface area (Å²) in [5.41, 5.74) is 3.96. The van der Waals surface area contributed by atoms with Crippen molar-refractivity contribution >= 4 is 52.2 Å². The Morgan fingerprint density at radius 2 is 1.65 bits per heavy atom. The fourth-order valence-corrected chi connectivity index (χ4v) is 5.17. The van der Waals surface area contributed by atoms with Crippen LogP contribution in [0.1, 0.15) is 28.7 Å². The van der Waals surface area contributed by atoms with Crippen LogP contribution in [0.3, 0.4) is 0 Å². The van der Waals surface area contributed by atoms with Gasteiger partial charge in [-0.25, -0.2) is 0 Å². The minimum absolute atomic E-state index is 0.264. The second-order valence-corrected chi connectivity index (χ2v) is 9.82. The summed E-state index contributed by atoms with van der Waals surface area (Å²) < 4.78 is 5.85. The highest BCUT2D eigenvalue weighted by Crippen LogP contribution is 2.38. The minimum atomic E-state index is -0.296. The summed E-state index contributed by atoms with van der Waals surface area (Å²) in [6, 6.07) is 21.4. The van der Waals surface area contributed by atoms with Crippen molar-refractivity contribution in [3.8, 4) is 5.75 Å². The van der Waals surface area contributed by atoms with Gasteiger partial charge in [0, 0.05) is 6.54 Å². The Labute approximate surface area is 213 Å². The number of aryl methyl sites for hydroxylation is 2. The molecule has 1 heterocycles. The average molecular weight is 512 g/mol. The topological polar surface area (TPSA) is 46.6 Å². The van der Waals surface area contributed by atoms with Crippen LogP contribution in [-0.4, -0.2) is 22.6 Å². The number of thioether (sulfide) groups is 1. The first-order chi connectivity index (χ1) is 16.4. The molecule has 1 saturated heterocycles. The van der Waals surface area contributed by atoms with E-state index in [1.165, 1.54) is 10.5 Å². The highest BCUT2D eigenvalue weighted by Gasteiger charge is 2.34. The van der Waals surface area contributed by atoms with Crippen molar-refractivity contribution in [1.29, 1.82) is 0 Å². The molecule has 7 heteroatoms. The molecule has 1 aliphatic rings. The molecular weight excluding hydrogens is 489 g/mol. The Hall–Kier alpha value is -2.73. The van der Waals surface area contributed by atoms with Crippen LogP contribution in [0.25, 0.3) is 6.08 Å². The van der Waals surface area contributed by atoms with Gasteiger partial charge >= 0.3 is 0 Å². The number of rotatable bonds is 8. The van der Waals surface area contributed by atoms with Gasteiger partial charge in [0.05, 0.1) is 15.0 Å². The van der Waals surface area contributed by atoms with Crippen LogP contribution >= 0.6 is 35.0 Å². The molecule has 1 aliphatic heterocycles. The van der Waals surface area contributed by atoms with Gasteiger partial charge in [-0.05, 0) is 66.4 Å². The van der Waals surface area contributed by atoms with E-state index in [2.05, 4.69) is 0 Å². The third-order valence-corrected chi connectivity index (χ3v) is 6.82. The van der Waals surface area contributed by atoms with Crippen LogP contribution in [0.2, 0.25) is 10.0 Å². The summed E-state index contributed by atoms with van der Waals surface area (Å²) >= 11 is 13.8. The van der Waals surface area contributed by atoms with Gasteiger partial charge in [0.15, 0.2) is 5.75 Å². The van der Waals surface area contributed by atoms with Crippen LogP contribution in [-0.2, 0) is 17.8 Å². The van der Waals surface area contributed by atoms with Crippen molar-refractivity contribution in [3.05, 3.63) is 104 Å². The van der Waals surface area contributed by atoms with E-state index in [-0.39, 0.29) is 11.1 Å². The minimum Gasteiger partial charge on any atom is -0.486 e. The van der Waals surface area contributed by atoms with E-state index in [9.17, 15) is 9.59 Å². The molecule has 0 bridgehead atoms. The Kier molecular flexibility index (Phi) is 7.99. The second kappa shape index (κ2) is 11.1. The maximum Gasteiger partial charge on any atom is 0.293 e. The molecule has 4 nitrogen and oxygen atoms in total. The highest BCUT2D eigenvalue weighted by atomic mass is 35.5. The molecule has 0 aliphatic carbocycles. The third kappa shape index (κ3) is 6.03. The van der Waals surface area contributed by atoms with E-state index in [1.807, 2.05) is 61.5 Å². The number of benzene rings is 3. The zero-order valence-electron chi connectivity index (χ0n) is 18.6. The lowest BCUT2D eigenvalue weighted by atomic mass is 10.1. The lowest BCUT2D eigenvalue weighted by Crippen LogP contribution is -2.29.